The van der Waals surface area contributed by atoms with E-state index >= 15 is 0 Å². The topological polar surface area (TPSA) is 20.2 Å². The average molecular weight is 234 g/mol. The lowest BCUT2D eigenvalue weighted by atomic mass is 9.84. The SMILES string of the molecule is CC(C)=CC(CO)C[C@H](C)C1=CC=C(C)CC1. The molecular formula is C16H26O. The molecule has 2 atom stereocenters. The Labute approximate surface area is 106 Å². The molecule has 1 aliphatic rings. The van der Waals surface area contributed by atoms with Crippen molar-refractivity contribution in [3.8, 4) is 0 Å². The van der Waals surface area contributed by atoms with E-state index in [9.17, 15) is 5.11 Å². The molecule has 0 bridgehead atoms. The fourth-order valence-corrected chi connectivity index (χ4v) is 2.44. The summed E-state index contributed by atoms with van der Waals surface area (Å²) in [6.07, 6.45) is 10.2. The second kappa shape index (κ2) is 6.80. The number of allylic oxidation sites excluding steroid dienone is 5. The van der Waals surface area contributed by atoms with Gasteiger partial charge in [0.2, 0.25) is 0 Å². The molecule has 1 rings (SSSR count). The van der Waals surface area contributed by atoms with Crippen LogP contribution in [0.25, 0.3) is 0 Å². The fraction of sp³-hybridized carbons (Fsp3) is 0.625. The molecule has 0 fully saturated rings. The Morgan fingerprint density at radius 3 is 2.53 bits per heavy atom. The summed E-state index contributed by atoms with van der Waals surface area (Å²) in [5, 5.41) is 9.39. The molecule has 0 saturated heterocycles. The summed E-state index contributed by atoms with van der Waals surface area (Å²) in [4.78, 5) is 0. The van der Waals surface area contributed by atoms with Gasteiger partial charge in [-0.2, -0.15) is 0 Å². The van der Waals surface area contributed by atoms with Crippen molar-refractivity contribution < 1.29 is 5.11 Å². The van der Waals surface area contributed by atoms with Crippen LogP contribution in [0.5, 0.6) is 0 Å². The van der Waals surface area contributed by atoms with Crippen LogP contribution in [0.1, 0.15) is 47.0 Å². The summed E-state index contributed by atoms with van der Waals surface area (Å²) in [6.45, 7) is 8.93. The van der Waals surface area contributed by atoms with Crippen LogP contribution in [0, 0.1) is 11.8 Å². The molecule has 0 radical (unpaired) electrons. The van der Waals surface area contributed by atoms with Crippen molar-refractivity contribution >= 4 is 0 Å². The van der Waals surface area contributed by atoms with Gasteiger partial charge in [-0.15, -0.1) is 0 Å². The molecule has 96 valence electrons. The van der Waals surface area contributed by atoms with Crippen LogP contribution in [-0.2, 0) is 0 Å². The first kappa shape index (κ1) is 14.2. The molecule has 1 N–H and O–H groups in total. The van der Waals surface area contributed by atoms with Crippen LogP contribution in [0.4, 0.5) is 0 Å². The number of hydrogen-bond acceptors (Lipinski definition) is 1. The lowest BCUT2D eigenvalue weighted by Crippen LogP contribution is -2.11. The Balaban J connectivity index is 2.59. The fourth-order valence-electron chi connectivity index (χ4n) is 2.44. The minimum atomic E-state index is 0.262. The van der Waals surface area contributed by atoms with Crippen LogP contribution >= 0.6 is 0 Å². The molecule has 1 heteroatoms. The molecular weight excluding hydrogens is 208 g/mol. The number of aliphatic hydroxyl groups excluding tert-OH is 1. The van der Waals surface area contributed by atoms with Crippen molar-refractivity contribution in [1.29, 1.82) is 0 Å². The molecule has 1 nitrogen and oxygen atoms in total. The zero-order valence-electron chi connectivity index (χ0n) is 11.7. The molecule has 0 spiro atoms. The Hall–Kier alpha value is -0.820. The Morgan fingerprint density at radius 2 is 2.06 bits per heavy atom. The third-order valence-electron chi connectivity index (χ3n) is 3.48. The molecule has 0 amide bonds. The van der Waals surface area contributed by atoms with Crippen molar-refractivity contribution in [1.82, 2.24) is 0 Å². The summed E-state index contributed by atoms with van der Waals surface area (Å²) in [5.41, 5.74) is 4.31. The van der Waals surface area contributed by atoms with E-state index in [4.69, 9.17) is 0 Å². The van der Waals surface area contributed by atoms with Gasteiger partial charge in [0.15, 0.2) is 0 Å². The molecule has 0 saturated carbocycles. The van der Waals surface area contributed by atoms with Crippen molar-refractivity contribution in [3.05, 3.63) is 34.9 Å². The summed E-state index contributed by atoms with van der Waals surface area (Å²) >= 11 is 0. The van der Waals surface area contributed by atoms with Crippen molar-refractivity contribution in [3.63, 3.8) is 0 Å². The van der Waals surface area contributed by atoms with Crippen LogP contribution in [0.2, 0.25) is 0 Å². The van der Waals surface area contributed by atoms with Crippen LogP contribution in [0.15, 0.2) is 34.9 Å². The van der Waals surface area contributed by atoms with Gasteiger partial charge in [-0.1, -0.05) is 41.9 Å². The van der Waals surface area contributed by atoms with Gasteiger partial charge in [0.05, 0.1) is 0 Å². The van der Waals surface area contributed by atoms with Gasteiger partial charge >= 0.3 is 0 Å². The quantitative estimate of drug-likeness (QED) is 0.705. The van der Waals surface area contributed by atoms with Crippen LogP contribution < -0.4 is 0 Å². The second-order valence-corrected chi connectivity index (χ2v) is 5.58. The zero-order valence-corrected chi connectivity index (χ0v) is 11.7. The van der Waals surface area contributed by atoms with Crippen molar-refractivity contribution in [2.75, 3.05) is 6.61 Å². The van der Waals surface area contributed by atoms with Gasteiger partial charge in [-0.25, -0.2) is 0 Å². The first-order valence-corrected chi connectivity index (χ1v) is 6.65. The first-order valence-electron chi connectivity index (χ1n) is 6.65. The summed E-state index contributed by atoms with van der Waals surface area (Å²) in [5.74, 6) is 0.884. The lowest BCUT2D eigenvalue weighted by Gasteiger charge is -2.22. The van der Waals surface area contributed by atoms with Crippen LogP contribution in [-0.4, -0.2) is 11.7 Å². The molecule has 0 heterocycles. The van der Waals surface area contributed by atoms with E-state index in [1.165, 1.54) is 29.6 Å². The van der Waals surface area contributed by atoms with Gasteiger partial charge in [-0.3, -0.25) is 0 Å². The molecule has 0 aromatic carbocycles. The van der Waals surface area contributed by atoms with E-state index in [0.717, 1.165) is 6.42 Å². The van der Waals surface area contributed by atoms with E-state index in [2.05, 4.69) is 45.9 Å². The molecule has 1 aliphatic carbocycles. The van der Waals surface area contributed by atoms with Gasteiger partial charge in [0, 0.05) is 12.5 Å². The number of aliphatic hydroxyl groups is 1. The Morgan fingerprint density at radius 1 is 1.35 bits per heavy atom. The van der Waals surface area contributed by atoms with Gasteiger partial charge < -0.3 is 5.11 Å². The highest BCUT2D eigenvalue weighted by atomic mass is 16.3. The third-order valence-corrected chi connectivity index (χ3v) is 3.48. The minimum Gasteiger partial charge on any atom is -0.396 e. The third kappa shape index (κ3) is 4.91. The Kier molecular flexibility index (Phi) is 5.70. The predicted octanol–water partition coefficient (Wildman–Crippen LogP) is 4.25. The summed E-state index contributed by atoms with van der Waals surface area (Å²) < 4.78 is 0. The second-order valence-electron chi connectivity index (χ2n) is 5.58. The van der Waals surface area contributed by atoms with Crippen molar-refractivity contribution in [2.45, 2.75) is 47.0 Å². The average Bonchev–Trinajstić information content (AvgIpc) is 2.28. The summed E-state index contributed by atoms with van der Waals surface area (Å²) in [6, 6.07) is 0. The molecule has 1 unspecified atom stereocenters. The van der Waals surface area contributed by atoms with Gasteiger partial charge in [0.25, 0.3) is 0 Å². The predicted molar refractivity (Wildman–Crippen MR) is 74.9 cm³/mol. The van der Waals surface area contributed by atoms with E-state index in [0.29, 0.717) is 11.8 Å². The number of rotatable bonds is 5. The maximum absolute atomic E-state index is 9.39. The normalized spacial score (nSPS) is 19.1. The maximum atomic E-state index is 9.39. The summed E-state index contributed by atoms with van der Waals surface area (Å²) in [7, 11) is 0. The highest BCUT2D eigenvalue weighted by Crippen LogP contribution is 2.28. The molecule has 0 aromatic rings. The van der Waals surface area contributed by atoms with Gasteiger partial charge in [-0.05, 0) is 46.0 Å². The van der Waals surface area contributed by atoms with E-state index in [1.807, 2.05) is 0 Å². The molecule has 17 heavy (non-hydrogen) atoms. The molecule has 0 aromatic heterocycles. The van der Waals surface area contributed by atoms with Gasteiger partial charge in [0.1, 0.15) is 0 Å². The largest absolute Gasteiger partial charge is 0.396 e. The monoisotopic (exact) mass is 234 g/mol. The minimum absolute atomic E-state index is 0.262. The van der Waals surface area contributed by atoms with E-state index in [1.54, 1.807) is 0 Å². The standard InChI is InChI=1S/C16H26O/c1-12(2)9-15(11-17)10-14(4)16-7-5-13(3)6-8-16/h5,7,9,14-15,17H,6,8,10-11H2,1-4H3/t14-,15?/m0/s1. The first-order chi connectivity index (χ1) is 8.02. The van der Waals surface area contributed by atoms with E-state index in [-0.39, 0.29) is 6.61 Å². The van der Waals surface area contributed by atoms with Crippen LogP contribution in [0.3, 0.4) is 0 Å². The maximum Gasteiger partial charge on any atom is 0.0494 e. The number of hydrogen-bond donors (Lipinski definition) is 1. The van der Waals surface area contributed by atoms with Crippen molar-refractivity contribution in [2.24, 2.45) is 11.8 Å². The highest BCUT2D eigenvalue weighted by molar-refractivity contribution is 5.24. The zero-order chi connectivity index (χ0) is 12.8. The Bertz CT molecular complexity index is 329. The highest BCUT2D eigenvalue weighted by Gasteiger charge is 2.15. The smallest absolute Gasteiger partial charge is 0.0494 e. The lowest BCUT2D eigenvalue weighted by molar-refractivity contribution is 0.236. The van der Waals surface area contributed by atoms with E-state index < -0.39 is 0 Å². The molecule has 0 aliphatic heterocycles.